The highest BCUT2D eigenvalue weighted by molar-refractivity contribution is 9.10. The summed E-state index contributed by atoms with van der Waals surface area (Å²) in [6.45, 7) is 0.407. The molecule has 20 heavy (non-hydrogen) atoms. The molecule has 5 nitrogen and oxygen atoms in total. The van der Waals surface area contributed by atoms with Gasteiger partial charge in [-0.2, -0.15) is 0 Å². The molecule has 0 unspecified atom stereocenters. The lowest BCUT2D eigenvalue weighted by Gasteiger charge is -2.17. The summed E-state index contributed by atoms with van der Waals surface area (Å²) in [6.07, 6.45) is 1.75. The number of carboxylic acids is 1. The predicted molar refractivity (Wildman–Crippen MR) is 80.7 cm³/mol. The highest BCUT2D eigenvalue weighted by atomic mass is 79.9. The second kappa shape index (κ2) is 6.47. The summed E-state index contributed by atoms with van der Waals surface area (Å²) in [6, 6.07) is 9.50. The van der Waals surface area contributed by atoms with Crippen molar-refractivity contribution in [3.8, 4) is 11.4 Å². The highest BCUT2D eigenvalue weighted by Crippen LogP contribution is 2.21. The van der Waals surface area contributed by atoms with Crippen LogP contribution in [0.5, 0.6) is 0 Å². The van der Waals surface area contributed by atoms with Crippen molar-refractivity contribution < 1.29 is 9.90 Å². The fourth-order valence-corrected chi connectivity index (χ4v) is 2.11. The minimum Gasteiger partial charge on any atom is -0.481 e. The minimum atomic E-state index is -0.821. The summed E-state index contributed by atoms with van der Waals surface area (Å²) in [5.41, 5.74) is 0.910. The van der Waals surface area contributed by atoms with E-state index in [1.807, 2.05) is 31.3 Å². The van der Waals surface area contributed by atoms with Gasteiger partial charge in [-0.25, -0.2) is 9.97 Å². The maximum Gasteiger partial charge on any atom is 0.305 e. The maximum absolute atomic E-state index is 10.6. The number of nitrogens with zero attached hydrogens (tertiary/aromatic N) is 3. The Morgan fingerprint density at radius 1 is 1.40 bits per heavy atom. The second-order valence-corrected chi connectivity index (χ2v) is 5.23. The van der Waals surface area contributed by atoms with Gasteiger partial charge in [0.25, 0.3) is 0 Å². The summed E-state index contributed by atoms with van der Waals surface area (Å²) >= 11 is 3.42. The Hall–Kier alpha value is -1.95. The molecular formula is C14H14BrN3O2. The molecule has 0 bridgehead atoms. The Kier molecular flexibility index (Phi) is 4.68. The average Bonchev–Trinajstić information content (AvgIpc) is 2.45. The van der Waals surface area contributed by atoms with Crippen molar-refractivity contribution in [3.05, 3.63) is 41.0 Å². The van der Waals surface area contributed by atoms with E-state index >= 15 is 0 Å². The largest absolute Gasteiger partial charge is 0.481 e. The average molecular weight is 336 g/mol. The molecule has 0 aliphatic carbocycles. The molecule has 0 saturated heterocycles. The van der Waals surface area contributed by atoms with E-state index in [-0.39, 0.29) is 6.42 Å². The molecule has 1 aromatic heterocycles. The van der Waals surface area contributed by atoms with E-state index in [1.54, 1.807) is 17.2 Å². The summed E-state index contributed by atoms with van der Waals surface area (Å²) in [5, 5.41) is 8.71. The Labute approximate surface area is 125 Å². The van der Waals surface area contributed by atoms with Crippen LogP contribution in [0.4, 0.5) is 5.82 Å². The van der Waals surface area contributed by atoms with Gasteiger partial charge in [-0.3, -0.25) is 4.79 Å². The Balaban J connectivity index is 2.21. The van der Waals surface area contributed by atoms with E-state index < -0.39 is 5.97 Å². The van der Waals surface area contributed by atoms with Crippen LogP contribution in [0, 0.1) is 0 Å². The van der Waals surface area contributed by atoms with Crippen molar-refractivity contribution in [1.29, 1.82) is 0 Å². The van der Waals surface area contributed by atoms with Gasteiger partial charge in [0.1, 0.15) is 5.82 Å². The molecule has 0 aliphatic rings. The van der Waals surface area contributed by atoms with Gasteiger partial charge < -0.3 is 10.0 Å². The summed E-state index contributed by atoms with van der Waals surface area (Å²) in [7, 11) is 1.82. The maximum atomic E-state index is 10.6. The molecular weight excluding hydrogens is 322 g/mol. The minimum absolute atomic E-state index is 0.0761. The topological polar surface area (TPSA) is 66.3 Å². The number of anilines is 1. The van der Waals surface area contributed by atoms with Crippen molar-refractivity contribution in [1.82, 2.24) is 9.97 Å². The molecule has 0 saturated carbocycles. The highest BCUT2D eigenvalue weighted by Gasteiger charge is 2.08. The normalized spacial score (nSPS) is 10.3. The van der Waals surface area contributed by atoms with E-state index in [2.05, 4.69) is 25.9 Å². The summed E-state index contributed by atoms with van der Waals surface area (Å²) in [5.74, 6) is 0.500. The Bertz CT molecular complexity index is 619. The van der Waals surface area contributed by atoms with Crippen LogP contribution in [0.15, 0.2) is 41.0 Å². The van der Waals surface area contributed by atoms with E-state index in [9.17, 15) is 4.79 Å². The fraction of sp³-hybridized carbons (Fsp3) is 0.214. The zero-order valence-electron chi connectivity index (χ0n) is 11.0. The van der Waals surface area contributed by atoms with Crippen LogP contribution in [-0.2, 0) is 4.79 Å². The number of carbonyl (C=O) groups is 1. The number of halogens is 1. The van der Waals surface area contributed by atoms with Gasteiger partial charge in [0.2, 0.25) is 0 Å². The third-order valence-corrected chi connectivity index (χ3v) is 3.27. The molecule has 0 radical (unpaired) electrons. The van der Waals surface area contributed by atoms with Gasteiger partial charge >= 0.3 is 5.97 Å². The van der Waals surface area contributed by atoms with Crippen molar-refractivity contribution in [2.24, 2.45) is 0 Å². The van der Waals surface area contributed by atoms with Crippen LogP contribution in [0.2, 0.25) is 0 Å². The predicted octanol–water partition coefficient (Wildman–Crippen LogP) is 2.82. The zero-order chi connectivity index (χ0) is 14.5. The first-order valence-electron chi connectivity index (χ1n) is 6.08. The van der Waals surface area contributed by atoms with Crippen LogP contribution in [0.3, 0.4) is 0 Å². The first-order chi connectivity index (χ1) is 9.56. The molecule has 2 rings (SSSR count). The first kappa shape index (κ1) is 14.5. The number of rotatable bonds is 5. The lowest BCUT2D eigenvalue weighted by atomic mass is 10.2. The Morgan fingerprint density at radius 2 is 2.20 bits per heavy atom. The molecule has 1 heterocycles. The molecule has 0 amide bonds. The van der Waals surface area contributed by atoms with Crippen molar-refractivity contribution in [2.75, 3.05) is 18.5 Å². The van der Waals surface area contributed by atoms with E-state index in [0.29, 0.717) is 18.2 Å². The second-order valence-electron chi connectivity index (χ2n) is 4.31. The smallest absolute Gasteiger partial charge is 0.305 e. The number of carboxylic acid groups (broad SMARTS) is 1. The molecule has 1 N–H and O–H groups in total. The summed E-state index contributed by atoms with van der Waals surface area (Å²) in [4.78, 5) is 21.1. The molecule has 104 valence electrons. The Morgan fingerprint density at radius 3 is 2.90 bits per heavy atom. The van der Waals surface area contributed by atoms with Crippen molar-refractivity contribution in [2.45, 2.75) is 6.42 Å². The van der Waals surface area contributed by atoms with Crippen LogP contribution in [0.25, 0.3) is 11.4 Å². The monoisotopic (exact) mass is 335 g/mol. The number of benzene rings is 1. The fourth-order valence-electron chi connectivity index (χ4n) is 1.71. The summed E-state index contributed by atoms with van der Waals surface area (Å²) < 4.78 is 0.961. The van der Waals surface area contributed by atoms with Gasteiger partial charge in [-0.15, -0.1) is 0 Å². The molecule has 0 atom stereocenters. The van der Waals surface area contributed by atoms with Gasteiger partial charge in [-0.05, 0) is 18.2 Å². The molecule has 2 aromatic rings. The number of hydrogen-bond acceptors (Lipinski definition) is 4. The molecule has 6 heteroatoms. The quantitative estimate of drug-likeness (QED) is 0.909. The van der Waals surface area contributed by atoms with Crippen molar-refractivity contribution in [3.63, 3.8) is 0 Å². The lowest BCUT2D eigenvalue weighted by molar-refractivity contribution is -0.136. The zero-order valence-corrected chi connectivity index (χ0v) is 12.5. The van der Waals surface area contributed by atoms with Gasteiger partial charge in [-0.1, -0.05) is 28.1 Å². The van der Waals surface area contributed by atoms with E-state index in [0.717, 1.165) is 10.0 Å². The van der Waals surface area contributed by atoms with Crippen molar-refractivity contribution >= 4 is 27.7 Å². The molecule has 0 spiro atoms. The molecule has 1 aromatic carbocycles. The lowest BCUT2D eigenvalue weighted by Crippen LogP contribution is -2.22. The van der Waals surface area contributed by atoms with Crippen LogP contribution < -0.4 is 4.90 Å². The van der Waals surface area contributed by atoms with Crippen LogP contribution >= 0.6 is 15.9 Å². The van der Waals surface area contributed by atoms with Gasteiger partial charge in [0.15, 0.2) is 5.82 Å². The number of hydrogen-bond donors (Lipinski definition) is 1. The SMILES string of the molecule is CN(CCC(=O)O)c1ccnc(-c2cccc(Br)c2)n1. The van der Waals surface area contributed by atoms with Gasteiger partial charge in [0, 0.05) is 29.8 Å². The first-order valence-corrected chi connectivity index (χ1v) is 6.87. The third-order valence-electron chi connectivity index (χ3n) is 2.78. The van der Waals surface area contributed by atoms with E-state index in [4.69, 9.17) is 5.11 Å². The standard InChI is InChI=1S/C14H14BrN3O2/c1-18(8-6-13(19)20)12-5-7-16-14(17-12)10-3-2-4-11(15)9-10/h2-5,7,9H,6,8H2,1H3,(H,19,20). The molecule has 0 fully saturated rings. The molecule has 0 aliphatic heterocycles. The third kappa shape index (κ3) is 3.77. The number of aromatic nitrogens is 2. The van der Waals surface area contributed by atoms with Gasteiger partial charge in [0.05, 0.1) is 6.42 Å². The number of aliphatic carboxylic acids is 1. The van der Waals surface area contributed by atoms with E-state index in [1.165, 1.54) is 0 Å². The van der Waals surface area contributed by atoms with Crippen LogP contribution in [-0.4, -0.2) is 34.6 Å². The van der Waals surface area contributed by atoms with Crippen LogP contribution in [0.1, 0.15) is 6.42 Å².